The first kappa shape index (κ1) is 13.4. The van der Waals surface area contributed by atoms with Gasteiger partial charge in [0.2, 0.25) is 15.9 Å². The zero-order chi connectivity index (χ0) is 13.1. The van der Waals surface area contributed by atoms with Gasteiger partial charge < -0.3 is 16.6 Å². The molecule has 1 atom stereocenters. The van der Waals surface area contributed by atoms with Crippen LogP contribution < -0.4 is 16.2 Å². The van der Waals surface area contributed by atoms with Crippen LogP contribution >= 0.6 is 0 Å². The molecule has 8 nitrogen and oxygen atoms in total. The molecule has 0 aliphatic heterocycles. The molecule has 0 aromatic carbocycles. The molecule has 94 valence electrons. The van der Waals surface area contributed by atoms with E-state index in [1.807, 2.05) is 4.72 Å². The van der Waals surface area contributed by atoms with E-state index in [9.17, 15) is 13.2 Å². The summed E-state index contributed by atoms with van der Waals surface area (Å²) in [7, 11) is -3.92. The normalized spacial score (nSPS) is 13.2. The monoisotopic (exact) mass is 260 g/mol. The highest BCUT2D eigenvalue weighted by atomic mass is 32.2. The number of primary amides is 1. The molecule has 0 saturated heterocycles. The number of aromatic nitrogens is 1. The van der Waals surface area contributed by atoms with Gasteiger partial charge in [0.05, 0.1) is 0 Å². The van der Waals surface area contributed by atoms with E-state index in [4.69, 9.17) is 16.6 Å². The zero-order valence-electron chi connectivity index (χ0n) is 8.70. The first-order valence-electron chi connectivity index (χ1n) is 4.52. The van der Waals surface area contributed by atoms with Crippen LogP contribution in [0.4, 0.5) is 5.82 Å². The lowest BCUT2D eigenvalue weighted by atomic mass is 10.3. The Morgan fingerprint density at radius 1 is 1.59 bits per heavy atom. The fourth-order valence-electron chi connectivity index (χ4n) is 0.997. The third kappa shape index (κ3) is 3.37. The Morgan fingerprint density at radius 3 is 2.76 bits per heavy atom. The van der Waals surface area contributed by atoms with Gasteiger partial charge in [-0.05, 0) is 12.1 Å². The number of nitrogen functional groups attached to an aromatic ring is 1. The molecule has 1 aromatic heterocycles. The van der Waals surface area contributed by atoms with Crippen LogP contribution in [0.1, 0.15) is 0 Å². The largest absolute Gasteiger partial charge is 0.383 e. The number of hydrogen-bond donors (Lipinski definition) is 4. The standard InChI is InChI=1S/C8H12N4O4S/c9-7-6(2-1-3-11-7)17(15,16)12-4-5(13)8(10)14/h1-3,5,12-13H,4H2,(H2,9,11)(H2,10,14). The first-order chi connectivity index (χ1) is 7.84. The Bertz CT molecular complexity index is 516. The van der Waals surface area contributed by atoms with Crippen molar-refractivity contribution >= 4 is 21.7 Å². The van der Waals surface area contributed by atoms with Crippen LogP contribution in [0.25, 0.3) is 0 Å². The van der Waals surface area contributed by atoms with Crippen LogP contribution in [0.2, 0.25) is 0 Å². The third-order valence-corrected chi connectivity index (χ3v) is 3.36. The quantitative estimate of drug-likeness (QED) is 0.471. The Morgan fingerprint density at radius 2 is 2.24 bits per heavy atom. The van der Waals surface area contributed by atoms with E-state index < -0.39 is 28.6 Å². The SMILES string of the molecule is NC(=O)C(O)CNS(=O)(=O)c1cccnc1N. The van der Waals surface area contributed by atoms with Crippen molar-refractivity contribution in [3.05, 3.63) is 18.3 Å². The minimum atomic E-state index is -3.92. The van der Waals surface area contributed by atoms with Gasteiger partial charge in [-0.2, -0.15) is 0 Å². The number of nitrogens with one attached hydrogen (secondary N) is 1. The van der Waals surface area contributed by atoms with Crippen LogP contribution in [0.15, 0.2) is 23.2 Å². The summed E-state index contributed by atoms with van der Waals surface area (Å²) in [6.45, 7) is -0.522. The summed E-state index contributed by atoms with van der Waals surface area (Å²) in [6.07, 6.45) is -0.255. The summed E-state index contributed by atoms with van der Waals surface area (Å²) in [5.74, 6) is -1.19. The lowest BCUT2D eigenvalue weighted by Crippen LogP contribution is -2.40. The number of amides is 1. The van der Waals surface area contributed by atoms with E-state index in [-0.39, 0.29) is 10.7 Å². The molecule has 0 aliphatic carbocycles. The van der Waals surface area contributed by atoms with Crippen LogP contribution in [-0.4, -0.2) is 37.1 Å². The maximum Gasteiger partial charge on any atom is 0.247 e. The van der Waals surface area contributed by atoms with Gasteiger partial charge in [-0.15, -0.1) is 0 Å². The van der Waals surface area contributed by atoms with Crippen LogP contribution in [0.5, 0.6) is 0 Å². The summed E-state index contributed by atoms with van der Waals surface area (Å²) in [4.78, 5) is 13.9. The summed E-state index contributed by atoms with van der Waals surface area (Å²) in [5, 5.41) is 9.06. The number of anilines is 1. The molecular weight excluding hydrogens is 248 g/mol. The minimum absolute atomic E-state index is 0.173. The zero-order valence-corrected chi connectivity index (χ0v) is 9.52. The van der Waals surface area contributed by atoms with Crippen molar-refractivity contribution in [3.63, 3.8) is 0 Å². The molecule has 17 heavy (non-hydrogen) atoms. The maximum absolute atomic E-state index is 11.7. The molecule has 0 saturated carbocycles. The van der Waals surface area contributed by atoms with Crippen LogP contribution in [-0.2, 0) is 14.8 Å². The van der Waals surface area contributed by atoms with Gasteiger partial charge in [-0.1, -0.05) is 0 Å². The lowest BCUT2D eigenvalue weighted by molar-refractivity contribution is -0.125. The van der Waals surface area contributed by atoms with Gasteiger partial charge in [0.1, 0.15) is 16.8 Å². The van der Waals surface area contributed by atoms with Gasteiger partial charge in [0, 0.05) is 12.7 Å². The molecule has 1 aromatic rings. The Hall–Kier alpha value is -1.71. The fraction of sp³-hybridized carbons (Fsp3) is 0.250. The average molecular weight is 260 g/mol. The maximum atomic E-state index is 11.7. The van der Waals surface area contributed by atoms with Gasteiger partial charge in [-0.25, -0.2) is 18.1 Å². The molecule has 9 heteroatoms. The summed E-state index contributed by atoms with van der Waals surface area (Å²) >= 11 is 0. The summed E-state index contributed by atoms with van der Waals surface area (Å²) in [6, 6.07) is 2.65. The molecule has 0 fully saturated rings. The van der Waals surface area contributed by atoms with E-state index in [0.29, 0.717) is 0 Å². The number of sulfonamides is 1. The summed E-state index contributed by atoms with van der Waals surface area (Å²) < 4.78 is 25.4. The van der Waals surface area contributed by atoms with Crippen molar-refractivity contribution in [2.75, 3.05) is 12.3 Å². The molecular formula is C8H12N4O4S. The smallest absolute Gasteiger partial charge is 0.247 e. The van der Waals surface area contributed by atoms with Crippen molar-refractivity contribution < 1.29 is 18.3 Å². The topological polar surface area (TPSA) is 148 Å². The van der Waals surface area contributed by atoms with Crippen molar-refractivity contribution in [2.45, 2.75) is 11.0 Å². The van der Waals surface area contributed by atoms with E-state index in [1.165, 1.54) is 18.3 Å². The Kier molecular flexibility index (Phi) is 3.99. The highest BCUT2D eigenvalue weighted by Crippen LogP contribution is 2.13. The van der Waals surface area contributed by atoms with Gasteiger partial charge in [-0.3, -0.25) is 4.79 Å². The van der Waals surface area contributed by atoms with Crippen molar-refractivity contribution in [3.8, 4) is 0 Å². The number of aliphatic hydroxyl groups excluding tert-OH is 1. The van der Waals surface area contributed by atoms with E-state index in [1.54, 1.807) is 0 Å². The lowest BCUT2D eigenvalue weighted by Gasteiger charge is -2.10. The number of rotatable bonds is 5. The first-order valence-corrected chi connectivity index (χ1v) is 6.00. The van der Waals surface area contributed by atoms with Crippen molar-refractivity contribution in [1.82, 2.24) is 9.71 Å². The molecule has 1 heterocycles. The Balaban J connectivity index is 2.84. The molecule has 6 N–H and O–H groups in total. The molecule has 0 aliphatic rings. The number of aliphatic hydroxyl groups is 1. The fourth-order valence-corrected chi connectivity index (χ4v) is 2.12. The highest BCUT2D eigenvalue weighted by molar-refractivity contribution is 7.89. The predicted molar refractivity (Wildman–Crippen MR) is 59.0 cm³/mol. The number of nitrogens with two attached hydrogens (primary N) is 2. The number of hydrogen-bond acceptors (Lipinski definition) is 6. The van der Waals surface area contributed by atoms with E-state index >= 15 is 0 Å². The third-order valence-electron chi connectivity index (χ3n) is 1.88. The molecule has 0 radical (unpaired) electrons. The molecule has 0 bridgehead atoms. The van der Waals surface area contributed by atoms with E-state index in [2.05, 4.69) is 4.98 Å². The molecule has 1 rings (SSSR count). The second-order valence-corrected chi connectivity index (χ2v) is 4.89. The number of pyridine rings is 1. The van der Waals surface area contributed by atoms with Crippen LogP contribution in [0.3, 0.4) is 0 Å². The number of carbonyl (C=O) groups excluding carboxylic acids is 1. The van der Waals surface area contributed by atoms with Crippen molar-refractivity contribution in [1.29, 1.82) is 0 Å². The summed E-state index contributed by atoms with van der Waals surface area (Å²) in [5.41, 5.74) is 10.2. The molecule has 0 spiro atoms. The predicted octanol–water partition coefficient (Wildman–Crippen LogP) is -2.21. The van der Waals surface area contributed by atoms with Crippen molar-refractivity contribution in [2.24, 2.45) is 5.73 Å². The number of carbonyl (C=O) groups is 1. The van der Waals surface area contributed by atoms with Gasteiger partial charge >= 0.3 is 0 Å². The number of nitrogens with zero attached hydrogens (tertiary/aromatic N) is 1. The highest BCUT2D eigenvalue weighted by Gasteiger charge is 2.20. The molecule has 1 amide bonds. The minimum Gasteiger partial charge on any atom is -0.383 e. The van der Waals surface area contributed by atoms with Gasteiger partial charge in [0.25, 0.3) is 0 Å². The Labute approximate surface area is 97.7 Å². The van der Waals surface area contributed by atoms with Gasteiger partial charge in [0.15, 0.2) is 0 Å². The van der Waals surface area contributed by atoms with E-state index in [0.717, 1.165) is 0 Å². The molecule has 1 unspecified atom stereocenters. The van der Waals surface area contributed by atoms with Crippen LogP contribution in [0, 0.1) is 0 Å². The second kappa shape index (κ2) is 5.08. The second-order valence-electron chi connectivity index (χ2n) is 3.16. The average Bonchev–Trinajstić information content (AvgIpc) is 2.26.